The second-order valence-electron chi connectivity index (χ2n) is 8.95. The van der Waals surface area contributed by atoms with Gasteiger partial charge in [0.25, 0.3) is 0 Å². The highest BCUT2D eigenvalue weighted by Gasteiger charge is 2.62. The molecule has 2 aliphatic heterocycles. The van der Waals surface area contributed by atoms with Crippen molar-refractivity contribution in [1.82, 2.24) is 15.0 Å². The zero-order chi connectivity index (χ0) is 22.7. The molecule has 11 heteroatoms. The Balaban J connectivity index is 1.33. The second kappa shape index (κ2) is 7.46. The Morgan fingerprint density at radius 3 is 2.53 bits per heavy atom. The van der Waals surface area contributed by atoms with Gasteiger partial charge in [0.05, 0.1) is 17.9 Å². The van der Waals surface area contributed by atoms with Crippen LogP contribution in [-0.4, -0.2) is 46.3 Å². The summed E-state index contributed by atoms with van der Waals surface area (Å²) in [6, 6.07) is 2.87. The highest BCUT2D eigenvalue weighted by atomic mass is 32.2. The molecule has 2 saturated heterocycles. The number of pyridine rings is 1. The number of nitrogens with zero attached hydrogens (tertiary/aromatic N) is 4. The van der Waals surface area contributed by atoms with Gasteiger partial charge in [0, 0.05) is 35.6 Å². The highest BCUT2D eigenvalue weighted by molar-refractivity contribution is 7.99. The smallest absolute Gasteiger partial charge is 0.381 e. The molecule has 0 radical (unpaired) electrons. The van der Waals surface area contributed by atoms with Crippen molar-refractivity contribution in [1.29, 1.82) is 0 Å². The van der Waals surface area contributed by atoms with Crippen LogP contribution in [0.3, 0.4) is 0 Å². The predicted octanol–water partition coefficient (Wildman–Crippen LogP) is 3.41. The van der Waals surface area contributed by atoms with Crippen molar-refractivity contribution < 1.29 is 17.9 Å². The first kappa shape index (κ1) is 21.7. The molecule has 1 atom stereocenters. The number of nitrogens with two attached hydrogens (primary N) is 2. The lowest BCUT2D eigenvalue weighted by Crippen LogP contribution is -2.55. The van der Waals surface area contributed by atoms with Gasteiger partial charge in [-0.25, -0.2) is 9.97 Å². The van der Waals surface area contributed by atoms with Crippen molar-refractivity contribution in [2.45, 2.75) is 60.3 Å². The van der Waals surface area contributed by atoms with Crippen LogP contribution in [0, 0.1) is 12.3 Å². The number of hydrogen-bond acceptors (Lipinski definition) is 8. The van der Waals surface area contributed by atoms with E-state index in [9.17, 15) is 13.2 Å². The molecular weight excluding hydrogens is 441 g/mol. The lowest BCUT2D eigenvalue weighted by molar-refractivity contribution is -0.143. The summed E-state index contributed by atoms with van der Waals surface area (Å²) >= 11 is 0.823. The first-order chi connectivity index (χ1) is 15.1. The monoisotopic (exact) mass is 466 g/mol. The minimum absolute atomic E-state index is 0.0607. The van der Waals surface area contributed by atoms with E-state index in [4.69, 9.17) is 16.2 Å². The average Bonchev–Trinajstić information content (AvgIpc) is 3.50. The molecule has 1 aliphatic carbocycles. The minimum Gasteiger partial charge on any atom is -0.381 e. The van der Waals surface area contributed by atoms with Crippen molar-refractivity contribution in [2.75, 3.05) is 30.3 Å². The Morgan fingerprint density at radius 1 is 1.19 bits per heavy atom. The Morgan fingerprint density at radius 2 is 1.91 bits per heavy atom. The van der Waals surface area contributed by atoms with Gasteiger partial charge in [0.1, 0.15) is 5.03 Å². The van der Waals surface area contributed by atoms with Gasteiger partial charge in [0.15, 0.2) is 17.3 Å². The third-order valence-corrected chi connectivity index (χ3v) is 8.00. The van der Waals surface area contributed by atoms with Crippen LogP contribution in [0.25, 0.3) is 0 Å². The molecule has 0 aromatic carbocycles. The Labute approximate surface area is 188 Å². The van der Waals surface area contributed by atoms with E-state index >= 15 is 0 Å². The number of anilines is 2. The molecule has 2 aromatic rings. The molecule has 4 heterocycles. The number of nitrogen functional groups attached to an aromatic ring is 1. The number of ether oxygens (including phenoxy) is 1. The topological polar surface area (TPSA) is 103 Å². The summed E-state index contributed by atoms with van der Waals surface area (Å²) < 4.78 is 46.0. The summed E-state index contributed by atoms with van der Waals surface area (Å²) in [4.78, 5) is 14.5. The summed E-state index contributed by atoms with van der Waals surface area (Å²) in [5, 5.41) is 0.232. The molecule has 2 aromatic heterocycles. The van der Waals surface area contributed by atoms with Crippen molar-refractivity contribution >= 4 is 23.4 Å². The normalized spacial score (nSPS) is 23.8. The average molecular weight is 467 g/mol. The summed E-state index contributed by atoms with van der Waals surface area (Å²) in [6.07, 6.45) is 0.451. The summed E-state index contributed by atoms with van der Waals surface area (Å²) in [5.74, 6) is 0.746. The number of rotatable bonds is 3. The fraction of sp³-hybridized carbons (Fsp3) is 0.571. The molecule has 1 saturated carbocycles. The number of piperidine rings is 1. The third kappa shape index (κ3) is 3.60. The predicted molar refractivity (Wildman–Crippen MR) is 114 cm³/mol. The zero-order valence-corrected chi connectivity index (χ0v) is 18.5. The molecule has 4 N–H and O–H groups in total. The number of alkyl halides is 3. The molecule has 0 bridgehead atoms. The number of aryl methyl sites for hydroxylation is 1. The molecule has 5 rings (SSSR count). The van der Waals surface area contributed by atoms with E-state index in [0.29, 0.717) is 24.6 Å². The molecule has 2 spiro atoms. The largest absolute Gasteiger partial charge is 0.434 e. The van der Waals surface area contributed by atoms with Gasteiger partial charge in [-0.1, -0.05) is 11.8 Å². The number of hydrogen-bond donors (Lipinski definition) is 2. The van der Waals surface area contributed by atoms with Gasteiger partial charge >= 0.3 is 6.18 Å². The van der Waals surface area contributed by atoms with E-state index in [1.165, 1.54) is 12.1 Å². The maximum Gasteiger partial charge on any atom is 0.434 e. The van der Waals surface area contributed by atoms with Gasteiger partial charge < -0.3 is 21.1 Å². The standard InChI is InChI=1S/C21H25F3N6OS/c1-12-16(30-9-6-20(7-10-30)18(26)19(4-5-19)11-31-20)29-15(25)17(28-12)32-13-3-2-8-27-14(13)21(22,23)24/h2-3,8,18H,4-7,9-11,26H2,1H3,(H2,25,29)/t18-/m1/s1. The third-order valence-electron chi connectivity index (χ3n) is 6.96. The Bertz CT molecular complexity index is 1040. The Kier molecular flexibility index (Phi) is 5.06. The molecule has 0 unspecified atom stereocenters. The lowest BCUT2D eigenvalue weighted by Gasteiger charge is -2.42. The molecule has 3 fully saturated rings. The van der Waals surface area contributed by atoms with Crippen LogP contribution >= 0.6 is 11.8 Å². The van der Waals surface area contributed by atoms with Crippen LogP contribution in [0.4, 0.5) is 24.8 Å². The fourth-order valence-electron chi connectivity index (χ4n) is 4.86. The van der Waals surface area contributed by atoms with Crippen LogP contribution < -0.4 is 16.4 Å². The molecule has 0 amide bonds. The van der Waals surface area contributed by atoms with E-state index < -0.39 is 11.9 Å². The van der Waals surface area contributed by atoms with Crippen LogP contribution in [0.15, 0.2) is 28.3 Å². The van der Waals surface area contributed by atoms with Crippen molar-refractivity contribution in [2.24, 2.45) is 11.1 Å². The van der Waals surface area contributed by atoms with Crippen molar-refractivity contribution in [3.63, 3.8) is 0 Å². The minimum atomic E-state index is -4.56. The SMILES string of the molecule is Cc1nc(Sc2cccnc2C(F)(F)F)c(N)nc1N1CCC2(CC1)OCC1(CC1)[C@H]2N. The van der Waals surface area contributed by atoms with E-state index in [2.05, 4.69) is 19.9 Å². The van der Waals surface area contributed by atoms with E-state index in [1.54, 1.807) is 6.92 Å². The summed E-state index contributed by atoms with van der Waals surface area (Å²) in [7, 11) is 0. The van der Waals surface area contributed by atoms with E-state index in [0.717, 1.165) is 50.2 Å². The van der Waals surface area contributed by atoms with Gasteiger partial charge in [-0.15, -0.1) is 0 Å². The van der Waals surface area contributed by atoms with Crippen LogP contribution in [-0.2, 0) is 10.9 Å². The molecule has 3 aliphatic rings. The molecular formula is C21H25F3N6OS. The Hall–Kier alpha value is -2.11. The number of aromatic nitrogens is 3. The van der Waals surface area contributed by atoms with Crippen LogP contribution in [0.1, 0.15) is 37.1 Å². The zero-order valence-electron chi connectivity index (χ0n) is 17.7. The first-order valence-corrected chi connectivity index (χ1v) is 11.4. The highest BCUT2D eigenvalue weighted by Crippen LogP contribution is 2.58. The van der Waals surface area contributed by atoms with E-state index in [1.807, 2.05) is 0 Å². The number of halogens is 3. The van der Waals surface area contributed by atoms with Gasteiger partial charge in [-0.3, -0.25) is 4.98 Å². The van der Waals surface area contributed by atoms with Gasteiger partial charge in [-0.2, -0.15) is 13.2 Å². The van der Waals surface area contributed by atoms with Gasteiger partial charge in [0.2, 0.25) is 0 Å². The van der Waals surface area contributed by atoms with Crippen molar-refractivity contribution in [3.8, 4) is 0 Å². The molecule has 7 nitrogen and oxygen atoms in total. The fourth-order valence-corrected chi connectivity index (χ4v) is 5.81. The summed E-state index contributed by atoms with van der Waals surface area (Å²) in [5.41, 5.74) is 12.3. The van der Waals surface area contributed by atoms with Crippen LogP contribution in [0.2, 0.25) is 0 Å². The lowest BCUT2D eigenvalue weighted by atomic mass is 9.79. The summed E-state index contributed by atoms with van der Waals surface area (Å²) in [6.45, 7) is 3.97. The maximum absolute atomic E-state index is 13.3. The van der Waals surface area contributed by atoms with Crippen molar-refractivity contribution in [3.05, 3.63) is 29.7 Å². The quantitative estimate of drug-likeness (QED) is 0.710. The maximum atomic E-state index is 13.3. The van der Waals surface area contributed by atoms with E-state index in [-0.39, 0.29) is 32.8 Å². The van der Waals surface area contributed by atoms with Crippen LogP contribution in [0.5, 0.6) is 0 Å². The van der Waals surface area contributed by atoms with Gasteiger partial charge in [-0.05, 0) is 44.7 Å². The molecule has 32 heavy (non-hydrogen) atoms. The molecule has 172 valence electrons. The first-order valence-electron chi connectivity index (χ1n) is 10.6. The second-order valence-corrected chi connectivity index (χ2v) is 9.98.